The molecule has 7 nitrogen and oxygen atoms in total. The second-order valence-electron chi connectivity index (χ2n) is 6.35. The number of para-hydroxylation sites is 1. The summed E-state index contributed by atoms with van der Waals surface area (Å²) in [6, 6.07) is 9.23. The van der Waals surface area contributed by atoms with Crippen molar-refractivity contribution in [2.45, 2.75) is 25.6 Å². The lowest BCUT2D eigenvalue weighted by atomic mass is 10.1. The number of aliphatic carboxylic acids is 1. The van der Waals surface area contributed by atoms with Crippen LogP contribution < -0.4 is 10.1 Å². The van der Waals surface area contributed by atoms with Gasteiger partial charge < -0.3 is 25.3 Å². The number of nitrogens with one attached hydrogen (secondary N) is 2. The summed E-state index contributed by atoms with van der Waals surface area (Å²) in [6.45, 7) is 2.64. The van der Waals surface area contributed by atoms with Crippen molar-refractivity contribution in [2.24, 2.45) is 0 Å². The molecule has 0 radical (unpaired) electrons. The Morgan fingerprint density at radius 2 is 2.19 bits per heavy atom. The van der Waals surface area contributed by atoms with Crippen molar-refractivity contribution in [1.82, 2.24) is 15.3 Å². The topological polar surface area (TPSA) is 107 Å². The predicted octanol–water partition coefficient (Wildman–Crippen LogP) is 2.28. The molecule has 0 fully saturated rings. The number of pyridine rings is 1. The molecule has 7 heteroatoms. The first-order valence-corrected chi connectivity index (χ1v) is 8.83. The quantitative estimate of drug-likeness (QED) is 0.431. The number of carbonyl (C=O) groups is 1. The Morgan fingerprint density at radius 3 is 2.93 bits per heavy atom. The third kappa shape index (κ3) is 4.64. The van der Waals surface area contributed by atoms with Gasteiger partial charge in [0.2, 0.25) is 0 Å². The molecule has 3 aromatic rings. The van der Waals surface area contributed by atoms with Crippen LogP contribution in [0.5, 0.6) is 5.75 Å². The SMILES string of the molecule is C[C@@H](Oc1cccc2c(CCNC[C@@H](O)c3cccnc3)c[nH]c12)C(=O)O. The van der Waals surface area contributed by atoms with Gasteiger partial charge in [-0.05, 0) is 37.6 Å². The van der Waals surface area contributed by atoms with Crippen molar-refractivity contribution >= 4 is 16.9 Å². The Bertz CT molecular complexity index is 895. The van der Waals surface area contributed by atoms with Crippen molar-refractivity contribution in [3.8, 4) is 5.75 Å². The minimum atomic E-state index is -1.00. The Kier molecular flexibility index (Phi) is 6.05. The van der Waals surface area contributed by atoms with Gasteiger partial charge in [0.05, 0.1) is 11.6 Å². The summed E-state index contributed by atoms with van der Waals surface area (Å²) < 4.78 is 5.52. The Balaban J connectivity index is 1.59. The van der Waals surface area contributed by atoms with Gasteiger partial charge >= 0.3 is 5.97 Å². The van der Waals surface area contributed by atoms with Crippen molar-refractivity contribution in [3.05, 3.63) is 60.0 Å². The summed E-state index contributed by atoms with van der Waals surface area (Å²) in [5.74, 6) is -0.483. The summed E-state index contributed by atoms with van der Waals surface area (Å²) in [6.07, 6.45) is 4.48. The van der Waals surface area contributed by atoms with E-state index in [2.05, 4.69) is 15.3 Å². The zero-order chi connectivity index (χ0) is 19.2. The molecule has 0 saturated carbocycles. The van der Waals surface area contributed by atoms with Gasteiger partial charge in [0.15, 0.2) is 6.10 Å². The number of carboxylic acid groups (broad SMARTS) is 1. The summed E-state index contributed by atoms with van der Waals surface area (Å²) in [5, 5.41) is 23.4. The highest BCUT2D eigenvalue weighted by atomic mass is 16.5. The molecule has 2 atom stereocenters. The number of aromatic nitrogens is 2. The minimum Gasteiger partial charge on any atom is -0.479 e. The van der Waals surface area contributed by atoms with Crippen LogP contribution in [0.15, 0.2) is 48.9 Å². The van der Waals surface area contributed by atoms with Crippen LogP contribution in [0.3, 0.4) is 0 Å². The monoisotopic (exact) mass is 369 g/mol. The van der Waals surface area contributed by atoms with E-state index in [0.29, 0.717) is 18.8 Å². The van der Waals surface area contributed by atoms with E-state index < -0.39 is 18.2 Å². The van der Waals surface area contributed by atoms with Gasteiger partial charge in [-0.3, -0.25) is 4.98 Å². The smallest absolute Gasteiger partial charge is 0.344 e. The molecule has 4 N–H and O–H groups in total. The largest absolute Gasteiger partial charge is 0.479 e. The first-order valence-electron chi connectivity index (χ1n) is 8.83. The van der Waals surface area contributed by atoms with Crippen LogP contribution in [0.4, 0.5) is 0 Å². The number of hydrogen-bond acceptors (Lipinski definition) is 5. The number of aromatic amines is 1. The van der Waals surface area contributed by atoms with Crippen molar-refractivity contribution in [3.63, 3.8) is 0 Å². The number of carboxylic acids is 1. The molecule has 0 aliphatic heterocycles. The second-order valence-corrected chi connectivity index (χ2v) is 6.35. The normalized spacial score (nSPS) is 13.4. The maximum Gasteiger partial charge on any atom is 0.344 e. The van der Waals surface area contributed by atoms with Crippen LogP contribution in [0.25, 0.3) is 10.9 Å². The fourth-order valence-electron chi connectivity index (χ4n) is 2.88. The minimum absolute atomic E-state index is 0.443. The third-order valence-corrected chi connectivity index (χ3v) is 4.39. The molecular weight excluding hydrogens is 346 g/mol. The number of fused-ring (bicyclic) bond motifs is 1. The molecular formula is C20H23N3O4. The van der Waals surface area contributed by atoms with Gasteiger partial charge in [-0.2, -0.15) is 0 Å². The molecule has 142 valence electrons. The Morgan fingerprint density at radius 1 is 1.33 bits per heavy atom. The average molecular weight is 369 g/mol. The van der Waals surface area contributed by atoms with E-state index in [1.165, 1.54) is 6.92 Å². The average Bonchev–Trinajstić information content (AvgIpc) is 3.10. The Labute approximate surface area is 157 Å². The lowest BCUT2D eigenvalue weighted by Crippen LogP contribution is -2.23. The molecule has 1 aromatic carbocycles. The van der Waals surface area contributed by atoms with Crippen LogP contribution >= 0.6 is 0 Å². The molecule has 0 amide bonds. The molecule has 3 rings (SSSR count). The number of aliphatic hydroxyl groups is 1. The number of aliphatic hydroxyl groups excluding tert-OH is 1. The Hall–Kier alpha value is -2.90. The molecule has 0 unspecified atom stereocenters. The summed E-state index contributed by atoms with van der Waals surface area (Å²) in [7, 11) is 0. The number of hydrogen-bond donors (Lipinski definition) is 4. The van der Waals surface area contributed by atoms with Crippen LogP contribution in [-0.2, 0) is 11.2 Å². The fraction of sp³-hybridized carbons (Fsp3) is 0.300. The molecule has 2 heterocycles. The molecule has 27 heavy (non-hydrogen) atoms. The van der Waals surface area contributed by atoms with E-state index in [1.54, 1.807) is 24.5 Å². The highest BCUT2D eigenvalue weighted by molar-refractivity contribution is 5.88. The maximum absolute atomic E-state index is 11.0. The molecule has 2 aromatic heterocycles. The fourth-order valence-corrected chi connectivity index (χ4v) is 2.88. The lowest BCUT2D eigenvalue weighted by molar-refractivity contribution is -0.144. The zero-order valence-corrected chi connectivity index (χ0v) is 15.1. The number of rotatable bonds is 9. The molecule has 0 aliphatic carbocycles. The van der Waals surface area contributed by atoms with Gasteiger partial charge in [-0.25, -0.2) is 4.79 Å². The lowest BCUT2D eigenvalue weighted by Gasteiger charge is -2.12. The van der Waals surface area contributed by atoms with Gasteiger partial charge in [0.25, 0.3) is 0 Å². The van der Waals surface area contributed by atoms with Gasteiger partial charge in [-0.1, -0.05) is 18.2 Å². The molecule has 0 spiro atoms. The van der Waals surface area contributed by atoms with E-state index in [-0.39, 0.29) is 0 Å². The van der Waals surface area contributed by atoms with E-state index >= 15 is 0 Å². The predicted molar refractivity (Wildman–Crippen MR) is 102 cm³/mol. The van der Waals surface area contributed by atoms with Crippen molar-refractivity contribution in [2.75, 3.05) is 13.1 Å². The van der Waals surface area contributed by atoms with Gasteiger partial charge in [-0.15, -0.1) is 0 Å². The first-order chi connectivity index (χ1) is 13.1. The highest BCUT2D eigenvalue weighted by Gasteiger charge is 2.15. The first kappa shape index (κ1) is 18.9. The molecule has 0 saturated heterocycles. The summed E-state index contributed by atoms with van der Waals surface area (Å²) >= 11 is 0. The highest BCUT2D eigenvalue weighted by Crippen LogP contribution is 2.28. The molecule has 0 bridgehead atoms. The van der Waals surface area contributed by atoms with E-state index in [0.717, 1.165) is 28.5 Å². The van der Waals surface area contributed by atoms with Crippen LogP contribution in [0.2, 0.25) is 0 Å². The van der Waals surface area contributed by atoms with Crippen LogP contribution in [0.1, 0.15) is 24.2 Å². The number of nitrogens with zero attached hydrogens (tertiary/aromatic N) is 1. The van der Waals surface area contributed by atoms with E-state index in [9.17, 15) is 9.90 Å². The number of ether oxygens (including phenoxy) is 1. The van der Waals surface area contributed by atoms with E-state index in [1.807, 2.05) is 24.4 Å². The molecule has 0 aliphatic rings. The zero-order valence-electron chi connectivity index (χ0n) is 15.1. The second kappa shape index (κ2) is 8.66. The standard InChI is InChI=1S/C20H23N3O4/c1-13(20(25)26)27-18-6-2-5-16-14(11-23-19(16)18)7-9-22-12-17(24)15-4-3-8-21-10-15/h2-6,8,10-11,13,17,22-24H,7,9,12H2,1H3,(H,25,26)/t13-,17-/m1/s1. The number of H-pyrrole nitrogens is 1. The maximum atomic E-state index is 11.0. The number of benzene rings is 1. The third-order valence-electron chi connectivity index (χ3n) is 4.39. The summed E-state index contributed by atoms with van der Waals surface area (Å²) in [5.41, 5.74) is 2.67. The summed E-state index contributed by atoms with van der Waals surface area (Å²) in [4.78, 5) is 18.2. The van der Waals surface area contributed by atoms with Crippen molar-refractivity contribution in [1.29, 1.82) is 0 Å². The van der Waals surface area contributed by atoms with Gasteiger partial charge in [0.1, 0.15) is 5.75 Å². The van der Waals surface area contributed by atoms with E-state index in [4.69, 9.17) is 9.84 Å². The van der Waals surface area contributed by atoms with Crippen molar-refractivity contribution < 1.29 is 19.7 Å². The van der Waals surface area contributed by atoms with Crippen LogP contribution in [0, 0.1) is 0 Å². The van der Waals surface area contributed by atoms with Crippen LogP contribution in [-0.4, -0.2) is 45.3 Å². The van der Waals surface area contributed by atoms with Gasteiger partial charge in [0, 0.05) is 36.1 Å².